The van der Waals surface area contributed by atoms with E-state index in [4.69, 9.17) is 10.8 Å². The van der Waals surface area contributed by atoms with Gasteiger partial charge in [0.1, 0.15) is 0 Å². The minimum atomic E-state index is 0.535. The molecule has 1 heteroatoms. The summed E-state index contributed by atoms with van der Waals surface area (Å²) in [5.41, 5.74) is 0.949. The van der Waals surface area contributed by atoms with Gasteiger partial charge in [-0.05, 0) is 36.1 Å². The van der Waals surface area contributed by atoms with Crippen LogP contribution in [0.2, 0.25) is 0 Å². The van der Waals surface area contributed by atoms with Crippen molar-refractivity contribution in [3.05, 3.63) is 71.7 Å². The molecule has 0 bridgehead atoms. The molecule has 0 N–H and O–H groups in total. The first-order valence-electron chi connectivity index (χ1n) is 5.93. The Morgan fingerprint density at radius 3 is 2.05 bits per heavy atom. The molecule has 1 aromatic heterocycles. The lowest BCUT2D eigenvalue weighted by Crippen LogP contribution is -1.73. The summed E-state index contributed by atoms with van der Waals surface area (Å²) in [7, 11) is 0. The monoisotopic (exact) mass is 242 g/mol. The van der Waals surface area contributed by atoms with Gasteiger partial charge in [-0.1, -0.05) is 36.3 Å². The van der Waals surface area contributed by atoms with Crippen molar-refractivity contribution in [3.63, 3.8) is 0 Å². The third-order valence-electron chi connectivity index (χ3n) is 2.85. The highest BCUT2D eigenvalue weighted by Crippen LogP contribution is 2.24. The number of hydrogen-bond donors (Lipinski definition) is 0. The molecule has 1 nitrogen and oxygen atoms in total. The number of terminal acetylenes is 1. The molecule has 3 rings (SSSR count). The predicted molar refractivity (Wildman–Crippen MR) is 76.6 cm³/mol. The smallest absolute Gasteiger partial charge is 0.186 e. The quantitative estimate of drug-likeness (QED) is 0.546. The third-order valence-corrected chi connectivity index (χ3v) is 2.85. The molecule has 0 atom stereocenters. The van der Waals surface area contributed by atoms with E-state index in [9.17, 15) is 0 Å². The molecular formula is C18H10O. The van der Waals surface area contributed by atoms with Gasteiger partial charge in [0.2, 0.25) is 0 Å². The fraction of sp³-hybridized carbons (Fsp3) is 0. The van der Waals surface area contributed by atoms with Gasteiger partial charge in [-0.15, -0.1) is 6.42 Å². The van der Waals surface area contributed by atoms with Crippen LogP contribution in [0.4, 0.5) is 0 Å². The molecule has 0 spiro atoms. The summed E-state index contributed by atoms with van der Waals surface area (Å²) < 4.78 is 5.63. The molecule has 0 amide bonds. The van der Waals surface area contributed by atoms with E-state index in [-0.39, 0.29) is 0 Å². The maximum atomic E-state index is 5.63. The van der Waals surface area contributed by atoms with Gasteiger partial charge in [0, 0.05) is 16.3 Å². The first kappa shape index (κ1) is 11.2. The van der Waals surface area contributed by atoms with Crippen LogP contribution in [0.1, 0.15) is 17.1 Å². The third kappa shape index (κ3) is 2.10. The summed E-state index contributed by atoms with van der Waals surface area (Å²) in [5.74, 6) is 9.83. The number of rotatable bonds is 0. The van der Waals surface area contributed by atoms with Gasteiger partial charge >= 0.3 is 0 Å². The molecule has 0 radical (unpaired) electrons. The molecule has 88 valence electrons. The van der Waals surface area contributed by atoms with Crippen LogP contribution >= 0.6 is 0 Å². The van der Waals surface area contributed by atoms with Gasteiger partial charge in [0.25, 0.3) is 0 Å². The second kappa shape index (κ2) is 4.77. The first-order chi connectivity index (χ1) is 9.38. The van der Waals surface area contributed by atoms with E-state index in [2.05, 4.69) is 17.8 Å². The summed E-state index contributed by atoms with van der Waals surface area (Å²) >= 11 is 0. The second-order valence-corrected chi connectivity index (χ2v) is 4.07. The number of furan rings is 1. The van der Waals surface area contributed by atoms with Crippen LogP contribution in [0.5, 0.6) is 0 Å². The number of benzene rings is 2. The summed E-state index contributed by atoms with van der Waals surface area (Å²) in [6.45, 7) is 0. The standard InChI is InChI=1S/C18H10O/c1-2-17-15-10-6-7-11-16(15)18(19-17)13-12-14-8-4-3-5-9-14/h1,3-11H. The molecule has 0 saturated heterocycles. The number of fused-ring (bicyclic) bond motifs is 1. The van der Waals surface area contributed by atoms with Crippen molar-refractivity contribution in [1.82, 2.24) is 0 Å². The maximum absolute atomic E-state index is 5.63. The highest BCUT2D eigenvalue weighted by atomic mass is 16.3. The Bertz CT molecular complexity index is 821. The fourth-order valence-electron chi connectivity index (χ4n) is 1.94. The van der Waals surface area contributed by atoms with E-state index in [1.165, 1.54) is 0 Å². The van der Waals surface area contributed by atoms with Crippen molar-refractivity contribution in [3.8, 4) is 24.2 Å². The molecule has 1 heterocycles. The van der Waals surface area contributed by atoms with Crippen molar-refractivity contribution in [1.29, 1.82) is 0 Å². The van der Waals surface area contributed by atoms with E-state index >= 15 is 0 Å². The zero-order valence-corrected chi connectivity index (χ0v) is 10.2. The number of hydrogen-bond acceptors (Lipinski definition) is 1. The lowest BCUT2D eigenvalue weighted by atomic mass is 10.1. The van der Waals surface area contributed by atoms with Gasteiger partial charge in [-0.25, -0.2) is 0 Å². The Labute approximate surface area is 111 Å². The molecule has 19 heavy (non-hydrogen) atoms. The highest BCUT2D eigenvalue weighted by Gasteiger charge is 2.08. The van der Waals surface area contributed by atoms with Crippen molar-refractivity contribution in [2.24, 2.45) is 0 Å². The van der Waals surface area contributed by atoms with E-state index in [1.807, 2.05) is 54.6 Å². The fourth-order valence-corrected chi connectivity index (χ4v) is 1.94. The molecule has 0 aliphatic heterocycles. The van der Waals surface area contributed by atoms with Crippen LogP contribution < -0.4 is 0 Å². The van der Waals surface area contributed by atoms with Crippen LogP contribution in [-0.2, 0) is 0 Å². The molecule has 2 aromatic carbocycles. The summed E-state index contributed by atoms with van der Waals surface area (Å²) in [6.07, 6.45) is 5.44. The SMILES string of the molecule is C#Cc1oc(C#Cc2ccccc2)c2ccccc12. The van der Waals surface area contributed by atoms with Gasteiger partial charge in [-0.3, -0.25) is 0 Å². The molecule has 0 aliphatic carbocycles. The first-order valence-corrected chi connectivity index (χ1v) is 5.93. The van der Waals surface area contributed by atoms with Crippen LogP contribution in [0, 0.1) is 24.2 Å². The maximum Gasteiger partial charge on any atom is 0.186 e. The average Bonchev–Trinajstić information content (AvgIpc) is 2.84. The summed E-state index contributed by atoms with van der Waals surface area (Å²) in [4.78, 5) is 0. The van der Waals surface area contributed by atoms with E-state index in [0.29, 0.717) is 11.5 Å². The molecule has 0 unspecified atom stereocenters. The zero-order chi connectivity index (χ0) is 13.1. The van der Waals surface area contributed by atoms with E-state index in [0.717, 1.165) is 16.3 Å². The Kier molecular flexibility index (Phi) is 2.81. The van der Waals surface area contributed by atoms with E-state index in [1.54, 1.807) is 0 Å². The Hall–Kier alpha value is -2.90. The van der Waals surface area contributed by atoms with Crippen LogP contribution in [0.25, 0.3) is 10.8 Å². The minimum absolute atomic E-state index is 0.535. The normalized spacial score (nSPS) is 9.63. The van der Waals surface area contributed by atoms with Gasteiger partial charge in [0.15, 0.2) is 11.5 Å². The van der Waals surface area contributed by atoms with Crippen LogP contribution in [0.3, 0.4) is 0 Å². The van der Waals surface area contributed by atoms with Crippen LogP contribution in [0.15, 0.2) is 59.0 Å². The Morgan fingerprint density at radius 2 is 1.37 bits per heavy atom. The second-order valence-electron chi connectivity index (χ2n) is 4.07. The van der Waals surface area contributed by atoms with Crippen molar-refractivity contribution in [2.45, 2.75) is 0 Å². The minimum Gasteiger partial charge on any atom is -0.438 e. The summed E-state index contributed by atoms with van der Waals surface area (Å²) in [5, 5.41) is 1.89. The zero-order valence-electron chi connectivity index (χ0n) is 10.2. The highest BCUT2D eigenvalue weighted by molar-refractivity contribution is 5.90. The van der Waals surface area contributed by atoms with Crippen molar-refractivity contribution >= 4 is 10.8 Å². The molecular weight excluding hydrogens is 232 g/mol. The summed E-state index contributed by atoms with van der Waals surface area (Å²) in [6, 6.07) is 17.6. The van der Waals surface area contributed by atoms with Crippen molar-refractivity contribution < 1.29 is 4.42 Å². The largest absolute Gasteiger partial charge is 0.438 e. The average molecular weight is 242 g/mol. The Balaban J connectivity index is 2.13. The molecule has 0 saturated carbocycles. The van der Waals surface area contributed by atoms with Gasteiger partial charge in [-0.2, -0.15) is 0 Å². The predicted octanol–water partition coefficient (Wildman–Crippen LogP) is 3.81. The van der Waals surface area contributed by atoms with Gasteiger partial charge in [0.05, 0.1) is 0 Å². The van der Waals surface area contributed by atoms with E-state index < -0.39 is 0 Å². The lowest BCUT2D eigenvalue weighted by molar-refractivity contribution is 0.547. The molecule has 3 aromatic rings. The Morgan fingerprint density at radius 1 is 0.737 bits per heavy atom. The molecule has 0 aliphatic rings. The topological polar surface area (TPSA) is 13.1 Å². The van der Waals surface area contributed by atoms with Crippen molar-refractivity contribution in [2.75, 3.05) is 0 Å². The van der Waals surface area contributed by atoms with Crippen LogP contribution in [-0.4, -0.2) is 0 Å². The molecule has 0 fully saturated rings. The lowest BCUT2D eigenvalue weighted by Gasteiger charge is -1.87. The van der Waals surface area contributed by atoms with Gasteiger partial charge < -0.3 is 4.42 Å².